The predicted molar refractivity (Wildman–Crippen MR) is 86.0 cm³/mol. The molecule has 21 heavy (non-hydrogen) atoms. The standard InChI is InChI=1S/C15H23ClN4O/c1-15(2,3)20-7-5-19(6-8-20)14(21)11-9-13(17-4)18-10-12(11)16/h9-10H,5-8H2,1-4H3,(H,17,18). The molecule has 116 valence electrons. The molecule has 2 rings (SSSR count). The Morgan fingerprint density at radius 2 is 1.90 bits per heavy atom. The van der Waals surface area contributed by atoms with Crippen molar-refractivity contribution < 1.29 is 4.79 Å². The Morgan fingerprint density at radius 1 is 1.29 bits per heavy atom. The minimum absolute atomic E-state index is 0.0209. The first kappa shape index (κ1) is 16.0. The smallest absolute Gasteiger partial charge is 0.255 e. The molecule has 1 fully saturated rings. The van der Waals surface area contributed by atoms with Crippen LogP contribution in [0.1, 0.15) is 31.1 Å². The highest BCUT2D eigenvalue weighted by Gasteiger charge is 2.29. The molecular formula is C15H23ClN4O. The van der Waals surface area contributed by atoms with E-state index in [1.807, 2.05) is 4.90 Å². The second-order valence-electron chi connectivity index (χ2n) is 6.25. The summed E-state index contributed by atoms with van der Waals surface area (Å²) in [6, 6.07) is 1.71. The van der Waals surface area contributed by atoms with E-state index in [1.165, 1.54) is 6.20 Å². The average Bonchev–Trinajstić information content (AvgIpc) is 2.46. The summed E-state index contributed by atoms with van der Waals surface area (Å²) in [5.74, 6) is 0.628. The minimum atomic E-state index is -0.0209. The molecule has 0 unspecified atom stereocenters. The van der Waals surface area contributed by atoms with Gasteiger partial charge in [-0.05, 0) is 26.8 Å². The minimum Gasteiger partial charge on any atom is -0.373 e. The molecule has 0 aliphatic carbocycles. The third kappa shape index (κ3) is 3.66. The van der Waals surface area contributed by atoms with Crippen molar-refractivity contribution in [3.8, 4) is 0 Å². The van der Waals surface area contributed by atoms with E-state index in [-0.39, 0.29) is 11.4 Å². The van der Waals surface area contributed by atoms with Crippen LogP contribution in [0.15, 0.2) is 12.3 Å². The number of pyridine rings is 1. The Labute approximate surface area is 131 Å². The molecule has 6 heteroatoms. The number of hydrogen-bond acceptors (Lipinski definition) is 4. The van der Waals surface area contributed by atoms with E-state index >= 15 is 0 Å². The zero-order valence-electron chi connectivity index (χ0n) is 13.1. The Morgan fingerprint density at radius 3 is 2.43 bits per heavy atom. The summed E-state index contributed by atoms with van der Waals surface area (Å²) >= 11 is 6.12. The van der Waals surface area contributed by atoms with Crippen molar-refractivity contribution in [3.05, 3.63) is 22.8 Å². The maximum absolute atomic E-state index is 12.6. The van der Waals surface area contributed by atoms with Crippen LogP contribution >= 0.6 is 11.6 Å². The van der Waals surface area contributed by atoms with E-state index in [2.05, 4.69) is 36.0 Å². The summed E-state index contributed by atoms with van der Waals surface area (Å²) in [7, 11) is 1.77. The lowest BCUT2D eigenvalue weighted by Crippen LogP contribution is -2.54. The SMILES string of the molecule is CNc1cc(C(=O)N2CCN(C(C)(C)C)CC2)c(Cl)cn1. The molecule has 1 N–H and O–H groups in total. The molecule has 1 saturated heterocycles. The Bertz CT molecular complexity index is 519. The number of anilines is 1. The number of carbonyl (C=O) groups is 1. The van der Waals surface area contributed by atoms with E-state index in [1.54, 1.807) is 13.1 Å². The molecule has 0 atom stereocenters. The monoisotopic (exact) mass is 310 g/mol. The number of rotatable bonds is 2. The van der Waals surface area contributed by atoms with Gasteiger partial charge in [0.1, 0.15) is 5.82 Å². The van der Waals surface area contributed by atoms with E-state index in [0.29, 0.717) is 16.4 Å². The topological polar surface area (TPSA) is 48.5 Å². The molecule has 1 aromatic heterocycles. The maximum atomic E-state index is 12.6. The van der Waals surface area contributed by atoms with Gasteiger partial charge in [0.2, 0.25) is 0 Å². The van der Waals surface area contributed by atoms with Crippen LogP contribution in [0.5, 0.6) is 0 Å². The van der Waals surface area contributed by atoms with Crippen molar-refractivity contribution in [2.45, 2.75) is 26.3 Å². The van der Waals surface area contributed by atoms with Crippen LogP contribution in [-0.2, 0) is 0 Å². The average molecular weight is 311 g/mol. The summed E-state index contributed by atoms with van der Waals surface area (Å²) < 4.78 is 0. The van der Waals surface area contributed by atoms with E-state index in [4.69, 9.17) is 11.6 Å². The fourth-order valence-corrected chi connectivity index (χ4v) is 2.67. The highest BCUT2D eigenvalue weighted by molar-refractivity contribution is 6.33. The molecule has 0 spiro atoms. The summed E-state index contributed by atoms with van der Waals surface area (Å²) in [5.41, 5.74) is 0.656. The molecule has 1 aromatic rings. The third-order valence-corrected chi connectivity index (χ3v) is 4.16. The van der Waals surface area contributed by atoms with Gasteiger partial charge in [-0.15, -0.1) is 0 Å². The van der Waals surface area contributed by atoms with Crippen molar-refractivity contribution in [2.75, 3.05) is 38.5 Å². The van der Waals surface area contributed by atoms with Crippen LogP contribution in [0.25, 0.3) is 0 Å². The van der Waals surface area contributed by atoms with Crippen LogP contribution in [0, 0.1) is 0 Å². The first-order valence-electron chi connectivity index (χ1n) is 7.20. The second kappa shape index (κ2) is 6.20. The zero-order valence-corrected chi connectivity index (χ0v) is 13.9. The molecule has 0 radical (unpaired) electrons. The summed E-state index contributed by atoms with van der Waals surface area (Å²) in [4.78, 5) is 21.0. The van der Waals surface area contributed by atoms with Crippen LogP contribution in [-0.4, -0.2) is 59.5 Å². The van der Waals surface area contributed by atoms with Crippen LogP contribution < -0.4 is 5.32 Å². The molecular weight excluding hydrogens is 288 g/mol. The molecule has 1 amide bonds. The van der Waals surface area contributed by atoms with Gasteiger partial charge in [0.15, 0.2) is 0 Å². The first-order chi connectivity index (χ1) is 9.82. The number of halogens is 1. The fourth-order valence-electron chi connectivity index (χ4n) is 2.49. The van der Waals surface area contributed by atoms with Gasteiger partial charge in [-0.3, -0.25) is 9.69 Å². The Kier molecular flexibility index (Phi) is 4.74. The molecule has 1 aliphatic rings. The van der Waals surface area contributed by atoms with Crippen molar-refractivity contribution in [3.63, 3.8) is 0 Å². The van der Waals surface area contributed by atoms with Crippen LogP contribution in [0.2, 0.25) is 5.02 Å². The quantitative estimate of drug-likeness (QED) is 0.911. The lowest BCUT2D eigenvalue weighted by atomic mass is 10.0. The largest absolute Gasteiger partial charge is 0.373 e. The molecule has 0 aromatic carbocycles. The number of aromatic nitrogens is 1. The number of nitrogens with one attached hydrogen (secondary N) is 1. The third-order valence-electron chi connectivity index (χ3n) is 3.86. The number of piperazine rings is 1. The number of amides is 1. The van der Waals surface area contributed by atoms with Crippen molar-refractivity contribution in [2.24, 2.45) is 0 Å². The van der Waals surface area contributed by atoms with E-state index in [9.17, 15) is 4.79 Å². The highest BCUT2D eigenvalue weighted by Crippen LogP contribution is 2.22. The van der Waals surface area contributed by atoms with Crippen LogP contribution in [0.4, 0.5) is 5.82 Å². The van der Waals surface area contributed by atoms with Gasteiger partial charge in [-0.2, -0.15) is 0 Å². The van der Waals surface area contributed by atoms with Gasteiger partial charge in [-0.25, -0.2) is 4.98 Å². The predicted octanol–water partition coefficient (Wildman–Crippen LogP) is 2.33. The number of hydrogen-bond donors (Lipinski definition) is 1. The molecule has 0 saturated carbocycles. The summed E-state index contributed by atoms with van der Waals surface area (Å²) in [6.45, 7) is 9.82. The van der Waals surface area contributed by atoms with Gasteiger partial charge < -0.3 is 10.2 Å². The van der Waals surface area contributed by atoms with Gasteiger partial charge in [0.05, 0.1) is 10.6 Å². The zero-order chi connectivity index (χ0) is 15.6. The highest BCUT2D eigenvalue weighted by atomic mass is 35.5. The molecule has 2 heterocycles. The maximum Gasteiger partial charge on any atom is 0.255 e. The fraction of sp³-hybridized carbons (Fsp3) is 0.600. The van der Waals surface area contributed by atoms with Crippen molar-refractivity contribution in [1.82, 2.24) is 14.8 Å². The Balaban J connectivity index is 2.09. The lowest BCUT2D eigenvalue weighted by molar-refractivity contribution is 0.0451. The Hall–Kier alpha value is -1.33. The van der Waals surface area contributed by atoms with E-state index < -0.39 is 0 Å². The summed E-state index contributed by atoms with van der Waals surface area (Å²) in [6.07, 6.45) is 1.52. The van der Waals surface area contributed by atoms with Crippen molar-refractivity contribution >= 4 is 23.3 Å². The number of carbonyl (C=O) groups excluding carboxylic acids is 1. The summed E-state index contributed by atoms with van der Waals surface area (Å²) in [5, 5.41) is 3.33. The second-order valence-corrected chi connectivity index (χ2v) is 6.66. The van der Waals surface area contributed by atoms with E-state index in [0.717, 1.165) is 26.2 Å². The normalized spacial score (nSPS) is 16.9. The van der Waals surface area contributed by atoms with Crippen molar-refractivity contribution in [1.29, 1.82) is 0 Å². The van der Waals surface area contributed by atoms with Gasteiger partial charge >= 0.3 is 0 Å². The molecule has 5 nitrogen and oxygen atoms in total. The number of nitrogens with zero attached hydrogens (tertiary/aromatic N) is 3. The molecule has 1 aliphatic heterocycles. The van der Waals surface area contributed by atoms with Crippen LogP contribution in [0.3, 0.4) is 0 Å². The van der Waals surface area contributed by atoms with Gasteiger partial charge in [-0.1, -0.05) is 11.6 Å². The van der Waals surface area contributed by atoms with Gasteiger partial charge in [0.25, 0.3) is 5.91 Å². The van der Waals surface area contributed by atoms with Gasteiger partial charge in [0, 0.05) is 45.0 Å². The lowest BCUT2D eigenvalue weighted by Gasteiger charge is -2.42. The first-order valence-corrected chi connectivity index (χ1v) is 7.58. The molecule has 0 bridgehead atoms.